The molecule has 1 amide bonds. The highest BCUT2D eigenvalue weighted by Crippen LogP contribution is 2.30. The lowest BCUT2D eigenvalue weighted by atomic mass is 10.1. The van der Waals surface area contributed by atoms with Gasteiger partial charge in [0.25, 0.3) is 5.91 Å². The second kappa shape index (κ2) is 8.82. The van der Waals surface area contributed by atoms with Crippen molar-refractivity contribution in [2.45, 2.75) is 33.3 Å². The Morgan fingerprint density at radius 2 is 2.03 bits per heavy atom. The van der Waals surface area contributed by atoms with Crippen molar-refractivity contribution in [2.75, 3.05) is 5.32 Å². The molecule has 160 valence electrons. The van der Waals surface area contributed by atoms with Gasteiger partial charge in [-0.05, 0) is 43.7 Å². The number of carbonyl (C=O) groups is 1. The van der Waals surface area contributed by atoms with E-state index in [1.54, 1.807) is 29.6 Å². The number of hydrogen-bond donors (Lipinski definition) is 1. The lowest BCUT2D eigenvalue weighted by Crippen LogP contribution is -2.30. The molecule has 0 radical (unpaired) electrons. The van der Waals surface area contributed by atoms with Gasteiger partial charge in [0.1, 0.15) is 10.8 Å². The predicted molar refractivity (Wildman–Crippen MR) is 123 cm³/mol. The summed E-state index contributed by atoms with van der Waals surface area (Å²) in [4.78, 5) is 13.5. The molecule has 0 aliphatic carbocycles. The summed E-state index contributed by atoms with van der Waals surface area (Å²) in [5.41, 5.74) is 2.49. The molecule has 0 aliphatic rings. The zero-order chi connectivity index (χ0) is 22.1. The van der Waals surface area contributed by atoms with E-state index in [4.69, 9.17) is 27.9 Å². The second-order valence-electron chi connectivity index (χ2n) is 6.93. The van der Waals surface area contributed by atoms with Crippen molar-refractivity contribution in [3.63, 3.8) is 0 Å². The summed E-state index contributed by atoms with van der Waals surface area (Å²) >= 11 is 13.5. The van der Waals surface area contributed by atoms with Gasteiger partial charge in [-0.25, -0.2) is 0 Å². The van der Waals surface area contributed by atoms with Gasteiger partial charge < -0.3 is 10.1 Å². The molecule has 7 nitrogen and oxygen atoms in total. The highest BCUT2D eigenvalue weighted by Gasteiger charge is 2.18. The lowest BCUT2D eigenvalue weighted by Gasteiger charge is -2.17. The zero-order valence-electron chi connectivity index (χ0n) is 17.0. The van der Waals surface area contributed by atoms with Gasteiger partial charge in [0.05, 0.1) is 5.02 Å². The quantitative estimate of drug-likeness (QED) is 0.401. The van der Waals surface area contributed by atoms with E-state index in [-0.39, 0.29) is 5.91 Å². The van der Waals surface area contributed by atoms with Crippen molar-refractivity contribution >= 4 is 51.1 Å². The second-order valence-corrected chi connectivity index (χ2v) is 8.72. The first-order valence-electron chi connectivity index (χ1n) is 9.60. The number of fused-ring (bicyclic) bond motifs is 1. The highest BCUT2D eigenvalue weighted by molar-refractivity contribution is 7.19. The maximum absolute atomic E-state index is 12.7. The Kier molecular flexibility index (Phi) is 6.13. The topological polar surface area (TPSA) is 81.4 Å². The molecular weight excluding hydrogens is 457 g/mol. The van der Waals surface area contributed by atoms with Gasteiger partial charge in [-0.1, -0.05) is 53.6 Å². The molecule has 0 bridgehead atoms. The van der Waals surface area contributed by atoms with Crippen LogP contribution in [0.4, 0.5) is 5.69 Å². The minimum Gasteiger partial charge on any atom is -0.479 e. The molecular formula is C21H19Cl2N5O2S. The van der Waals surface area contributed by atoms with Crippen LogP contribution >= 0.6 is 34.5 Å². The Bertz CT molecular complexity index is 1270. The fourth-order valence-electron chi connectivity index (χ4n) is 2.93. The molecule has 10 heteroatoms. The zero-order valence-corrected chi connectivity index (χ0v) is 19.3. The van der Waals surface area contributed by atoms with Crippen molar-refractivity contribution in [3.8, 4) is 16.3 Å². The molecule has 0 aliphatic heterocycles. The highest BCUT2D eigenvalue weighted by atomic mass is 35.5. The van der Waals surface area contributed by atoms with E-state index in [0.29, 0.717) is 21.5 Å². The number of ether oxygens (including phenoxy) is 1. The molecule has 2 aromatic carbocycles. The number of anilines is 1. The van der Waals surface area contributed by atoms with Gasteiger partial charge in [-0.2, -0.15) is 9.61 Å². The summed E-state index contributed by atoms with van der Waals surface area (Å²) < 4.78 is 7.47. The van der Waals surface area contributed by atoms with Gasteiger partial charge in [-0.3, -0.25) is 4.79 Å². The van der Waals surface area contributed by atoms with Crippen LogP contribution in [0.15, 0.2) is 36.4 Å². The number of nitrogens with one attached hydrogen (secondary N) is 1. The van der Waals surface area contributed by atoms with Crippen molar-refractivity contribution in [3.05, 3.63) is 57.8 Å². The molecule has 1 N–H and O–H groups in total. The average molecular weight is 476 g/mol. The molecule has 0 fully saturated rings. The van der Waals surface area contributed by atoms with E-state index in [0.717, 1.165) is 33.3 Å². The maximum atomic E-state index is 12.7. The molecule has 4 aromatic rings. The van der Waals surface area contributed by atoms with Crippen LogP contribution in [0.25, 0.3) is 15.5 Å². The summed E-state index contributed by atoms with van der Waals surface area (Å²) in [6.45, 7) is 5.60. The maximum Gasteiger partial charge on any atom is 0.265 e. The minimum absolute atomic E-state index is 0.294. The van der Waals surface area contributed by atoms with Crippen LogP contribution < -0.4 is 10.1 Å². The number of amides is 1. The molecule has 4 rings (SSSR count). The molecule has 2 aromatic heterocycles. The molecule has 0 spiro atoms. The van der Waals surface area contributed by atoms with E-state index in [1.165, 1.54) is 11.3 Å². The smallest absolute Gasteiger partial charge is 0.265 e. The van der Waals surface area contributed by atoms with Crippen molar-refractivity contribution in [2.24, 2.45) is 0 Å². The Morgan fingerprint density at radius 3 is 2.77 bits per heavy atom. The SMILES string of the molecule is CCc1nnc2sc(-c3ccc(C)c(NC(=O)C(C)Oc4ccc(Cl)cc4Cl)c3)nn12. The summed E-state index contributed by atoms with van der Waals surface area (Å²) in [5.74, 6) is 0.910. The number of halogens is 2. The molecule has 2 heterocycles. The normalized spacial score (nSPS) is 12.2. The van der Waals surface area contributed by atoms with Crippen LogP contribution in [0.3, 0.4) is 0 Å². The summed E-state index contributed by atoms with van der Waals surface area (Å²) in [6, 6.07) is 10.7. The number of benzene rings is 2. The number of carbonyl (C=O) groups excluding carboxylic acids is 1. The molecule has 0 saturated heterocycles. The van der Waals surface area contributed by atoms with Crippen LogP contribution in [-0.4, -0.2) is 31.8 Å². The van der Waals surface area contributed by atoms with Crippen molar-refractivity contribution < 1.29 is 9.53 Å². The first-order chi connectivity index (χ1) is 14.9. The Hall–Kier alpha value is -2.68. The monoisotopic (exact) mass is 475 g/mol. The van der Waals surface area contributed by atoms with Crippen molar-refractivity contribution in [1.82, 2.24) is 19.8 Å². The first-order valence-corrected chi connectivity index (χ1v) is 11.2. The Morgan fingerprint density at radius 1 is 1.23 bits per heavy atom. The van der Waals surface area contributed by atoms with Crippen LogP contribution in [0.2, 0.25) is 10.0 Å². The minimum atomic E-state index is -0.761. The Labute approximate surface area is 193 Å². The van der Waals surface area contributed by atoms with E-state index < -0.39 is 6.10 Å². The third-order valence-electron chi connectivity index (χ3n) is 4.68. The number of aromatic nitrogens is 4. The van der Waals surface area contributed by atoms with Crippen LogP contribution in [0, 0.1) is 6.92 Å². The lowest BCUT2D eigenvalue weighted by molar-refractivity contribution is -0.122. The molecule has 31 heavy (non-hydrogen) atoms. The van der Waals surface area contributed by atoms with Crippen LogP contribution in [0.1, 0.15) is 25.2 Å². The fraction of sp³-hybridized carbons (Fsp3) is 0.238. The summed E-state index contributed by atoms with van der Waals surface area (Å²) in [6.07, 6.45) is -0.0159. The first kappa shape index (κ1) is 21.5. The molecule has 1 unspecified atom stereocenters. The molecule has 1 atom stereocenters. The van der Waals surface area contributed by atoms with Gasteiger partial charge in [0, 0.05) is 22.7 Å². The fourth-order valence-corrected chi connectivity index (χ4v) is 4.24. The van der Waals surface area contributed by atoms with Gasteiger partial charge in [-0.15, -0.1) is 10.2 Å². The number of aryl methyl sites for hydroxylation is 2. The third-order valence-corrected chi connectivity index (χ3v) is 6.16. The number of nitrogens with zero attached hydrogens (tertiary/aromatic N) is 4. The van der Waals surface area contributed by atoms with Gasteiger partial charge in [0.2, 0.25) is 4.96 Å². The summed E-state index contributed by atoms with van der Waals surface area (Å²) in [5, 5.41) is 17.5. The average Bonchev–Trinajstić information content (AvgIpc) is 3.32. The van der Waals surface area contributed by atoms with E-state index in [9.17, 15) is 4.79 Å². The largest absolute Gasteiger partial charge is 0.479 e. The van der Waals surface area contributed by atoms with Crippen LogP contribution in [-0.2, 0) is 11.2 Å². The van der Waals surface area contributed by atoms with Crippen LogP contribution in [0.5, 0.6) is 5.75 Å². The van der Waals surface area contributed by atoms with E-state index >= 15 is 0 Å². The predicted octanol–water partition coefficient (Wildman–Crippen LogP) is 5.44. The number of rotatable bonds is 6. The Balaban J connectivity index is 1.53. The summed E-state index contributed by atoms with van der Waals surface area (Å²) in [7, 11) is 0. The van der Waals surface area contributed by atoms with Crippen molar-refractivity contribution in [1.29, 1.82) is 0 Å². The number of hydrogen-bond acceptors (Lipinski definition) is 6. The van der Waals surface area contributed by atoms with E-state index in [2.05, 4.69) is 20.6 Å². The molecule has 0 saturated carbocycles. The third kappa shape index (κ3) is 4.51. The van der Waals surface area contributed by atoms with E-state index in [1.807, 2.05) is 32.0 Å². The van der Waals surface area contributed by atoms with Gasteiger partial charge >= 0.3 is 0 Å². The standard InChI is InChI=1S/C21H19Cl2N5O2S/c1-4-18-25-26-21-28(18)27-20(31-21)13-6-5-11(2)16(9-13)24-19(29)12(3)30-17-8-7-14(22)10-15(17)23/h5-10,12H,4H2,1-3H3,(H,24,29). The van der Waals surface area contributed by atoms with Gasteiger partial charge in [0.15, 0.2) is 11.9 Å².